The Morgan fingerprint density at radius 3 is 2.83 bits per heavy atom. The van der Waals surface area contributed by atoms with Crippen LogP contribution in [0.15, 0.2) is 11.8 Å². The van der Waals surface area contributed by atoms with Crippen molar-refractivity contribution in [3.05, 3.63) is 11.8 Å². The number of hydrogen-bond donors (Lipinski definition) is 2. The second-order valence-electron chi connectivity index (χ2n) is 6.52. The molecule has 3 atom stereocenters. The smallest absolute Gasteiger partial charge is 0.286 e. The van der Waals surface area contributed by atoms with E-state index in [1.807, 2.05) is 13.0 Å². The van der Waals surface area contributed by atoms with E-state index in [0.29, 0.717) is 31.4 Å². The lowest BCUT2D eigenvalue weighted by molar-refractivity contribution is -0.178. The van der Waals surface area contributed by atoms with Crippen LogP contribution in [0.25, 0.3) is 0 Å². The van der Waals surface area contributed by atoms with Crippen molar-refractivity contribution in [3.63, 3.8) is 0 Å². The van der Waals surface area contributed by atoms with E-state index >= 15 is 0 Å². The van der Waals surface area contributed by atoms with Gasteiger partial charge in [0, 0.05) is 32.8 Å². The molecule has 1 heterocycles. The van der Waals surface area contributed by atoms with E-state index in [9.17, 15) is 9.90 Å². The topological polar surface area (TPSA) is 77.0 Å². The minimum absolute atomic E-state index is 0.167. The van der Waals surface area contributed by atoms with Crippen molar-refractivity contribution in [2.45, 2.75) is 45.3 Å². The van der Waals surface area contributed by atoms with Gasteiger partial charge in [0.1, 0.15) is 0 Å². The highest BCUT2D eigenvalue weighted by Crippen LogP contribution is 2.44. The molecule has 2 aliphatic rings. The molecule has 6 heteroatoms. The standard InChI is InChI=1S/C18H31NO5/c1-3-23-18-14(8-5-10-20)15(13-6-4-7-13)12-16(24-18)17(21)19-9-11-22-2/h12-15,18,20H,3-11H2,1-2H3,(H,19,21)/t14-,15+,18+/m1/s1. The number of aliphatic hydroxyl groups is 1. The fourth-order valence-corrected chi connectivity index (χ4v) is 3.50. The highest BCUT2D eigenvalue weighted by molar-refractivity contribution is 5.91. The third kappa shape index (κ3) is 4.94. The Morgan fingerprint density at radius 1 is 1.46 bits per heavy atom. The Morgan fingerprint density at radius 2 is 2.25 bits per heavy atom. The van der Waals surface area contributed by atoms with E-state index < -0.39 is 6.29 Å². The quantitative estimate of drug-likeness (QED) is 0.593. The van der Waals surface area contributed by atoms with Gasteiger partial charge in [-0.25, -0.2) is 0 Å². The molecule has 1 fully saturated rings. The summed E-state index contributed by atoms with van der Waals surface area (Å²) in [5.41, 5.74) is 0. The van der Waals surface area contributed by atoms with Crippen LogP contribution in [0.3, 0.4) is 0 Å². The Balaban J connectivity index is 2.11. The van der Waals surface area contributed by atoms with Crippen LogP contribution >= 0.6 is 0 Å². The monoisotopic (exact) mass is 341 g/mol. The summed E-state index contributed by atoms with van der Waals surface area (Å²) in [6.45, 7) is 3.56. The van der Waals surface area contributed by atoms with Gasteiger partial charge in [-0.15, -0.1) is 0 Å². The largest absolute Gasteiger partial charge is 0.459 e. The van der Waals surface area contributed by atoms with Crippen LogP contribution in [-0.2, 0) is 19.0 Å². The average molecular weight is 341 g/mol. The van der Waals surface area contributed by atoms with Gasteiger partial charge in [0.2, 0.25) is 6.29 Å². The Bertz CT molecular complexity index is 422. The molecule has 1 aliphatic carbocycles. The summed E-state index contributed by atoms with van der Waals surface area (Å²) in [4.78, 5) is 12.4. The van der Waals surface area contributed by atoms with E-state index in [2.05, 4.69) is 5.32 Å². The number of amides is 1. The fraction of sp³-hybridized carbons (Fsp3) is 0.833. The van der Waals surface area contributed by atoms with Crippen LogP contribution in [-0.4, -0.2) is 50.8 Å². The van der Waals surface area contributed by atoms with Gasteiger partial charge >= 0.3 is 0 Å². The van der Waals surface area contributed by atoms with Gasteiger partial charge in [0.05, 0.1) is 6.61 Å². The van der Waals surface area contributed by atoms with Gasteiger partial charge in [-0.1, -0.05) is 6.42 Å². The van der Waals surface area contributed by atoms with E-state index in [1.165, 1.54) is 19.3 Å². The van der Waals surface area contributed by atoms with Crippen molar-refractivity contribution >= 4 is 5.91 Å². The second kappa shape index (κ2) is 10.0. The predicted molar refractivity (Wildman–Crippen MR) is 90.1 cm³/mol. The summed E-state index contributed by atoms with van der Waals surface area (Å²) >= 11 is 0. The van der Waals surface area contributed by atoms with Crippen molar-refractivity contribution < 1.29 is 24.1 Å². The van der Waals surface area contributed by atoms with Crippen LogP contribution in [0.4, 0.5) is 0 Å². The molecule has 1 amide bonds. The lowest BCUT2D eigenvalue weighted by Crippen LogP contribution is -2.43. The van der Waals surface area contributed by atoms with Crippen molar-refractivity contribution in [3.8, 4) is 0 Å². The number of rotatable bonds is 10. The minimum Gasteiger partial charge on any atom is -0.459 e. The summed E-state index contributed by atoms with van der Waals surface area (Å²) in [6, 6.07) is 0. The molecular formula is C18H31NO5. The SMILES string of the molecule is CCO[C@H]1OC(C(=O)NCCOC)=C[C@@H](C2CCC2)[C@H]1CCCO. The maximum atomic E-state index is 12.4. The Kier molecular flexibility index (Phi) is 8.02. The van der Waals surface area contributed by atoms with Crippen molar-refractivity contribution in [1.29, 1.82) is 0 Å². The van der Waals surface area contributed by atoms with Crippen molar-refractivity contribution in [1.82, 2.24) is 5.32 Å². The molecule has 138 valence electrons. The maximum Gasteiger partial charge on any atom is 0.286 e. The lowest BCUT2D eigenvalue weighted by atomic mass is 9.68. The van der Waals surface area contributed by atoms with Crippen molar-refractivity contribution in [2.75, 3.05) is 33.5 Å². The minimum atomic E-state index is -0.416. The first-order chi connectivity index (χ1) is 11.7. The first-order valence-electron chi connectivity index (χ1n) is 9.09. The molecule has 0 aromatic rings. The predicted octanol–water partition coefficient (Wildman–Crippen LogP) is 1.83. The summed E-state index contributed by atoms with van der Waals surface area (Å²) < 4.78 is 16.6. The molecule has 24 heavy (non-hydrogen) atoms. The third-order valence-corrected chi connectivity index (χ3v) is 4.97. The van der Waals surface area contributed by atoms with Crippen LogP contribution in [0.1, 0.15) is 39.0 Å². The van der Waals surface area contributed by atoms with Gasteiger partial charge in [-0.2, -0.15) is 0 Å². The first kappa shape index (κ1) is 19.2. The summed E-state index contributed by atoms with van der Waals surface area (Å²) in [7, 11) is 1.60. The van der Waals surface area contributed by atoms with Gasteiger partial charge in [-0.3, -0.25) is 4.79 Å². The fourth-order valence-electron chi connectivity index (χ4n) is 3.50. The van der Waals surface area contributed by atoms with Crippen molar-refractivity contribution in [2.24, 2.45) is 17.8 Å². The molecule has 6 nitrogen and oxygen atoms in total. The first-order valence-corrected chi connectivity index (χ1v) is 9.09. The molecule has 0 saturated heterocycles. The van der Waals surface area contributed by atoms with Crippen LogP contribution < -0.4 is 5.32 Å². The third-order valence-electron chi connectivity index (χ3n) is 4.97. The van der Waals surface area contributed by atoms with Gasteiger partial charge in [-0.05, 0) is 50.5 Å². The van der Waals surface area contributed by atoms with Gasteiger partial charge in [0.25, 0.3) is 5.91 Å². The molecule has 0 aromatic heterocycles. The summed E-state index contributed by atoms with van der Waals surface area (Å²) in [6.07, 6.45) is 6.77. The van der Waals surface area contributed by atoms with E-state index in [4.69, 9.17) is 14.2 Å². The zero-order chi connectivity index (χ0) is 17.4. The van der Waals surface area contributed by atoms with Gasteiger partial charge < -0.3 is 24.6 Å². The molecule has 0 aromatic carbocycles. The normalized spacial score (nSPS) is 27.1. The molecule has 1 saturated carbocycles. The molecule has 2 rings (SSSR count). The molecule has 0 spiro atoms. The average Bonchev–Trinajstić information content (AvgIpc) is 2.52. The van der Waals surface area contributed by atoms with E-state index in [0.717, 1.165) is 12.8 Å². The number of allylic oxidation sites excluding steroid dienone is 1. The maximum absolute atomic E-state index is 12.4. The number of nitrogens with one attached hydrogen (secondary N) is 1. The lowest BCUT2D eigenvalue weighted by Gasteiger charge is -2.43. The van der Waals surface area contributed by atoms with Crippen LogP contribution in [0.5, 0.6) is 0 Å². The summed E-state index contributed by atoms with van der Waals surface area (Å²) in [5, 5.41) is 12.0. The summed E-state index contributed by atoms with van der Waals surface area (Å²) in [5.74, 6) is 1.21. The molecule has 1 aliphatic heterocycles. The Hall–Kier alpha value is -1.11. The zero-order valence-corrected chi connectivity index (χ0v) is 14.8. The molecule has 0 radical (unpaired) electrons. The Labute approximate surface area is 144 Å². The molecule has 2 N–H and O–H groups in total. The van der Waals surface area contributed by atoms with E-state index in [-0.39, 0.29) is 24.3 Å². The highest BCUT2D eigenvalue weighted by Gasteiger charge is 2.41. The van der Waals surface area contributed by atoms with Crippen LogP contribution in [0, 0.1) is 17.8 Å². The van der Waals surface area contributed by atoms with Gasteiger partial charge in [0.15, 0.2) is 5.76 Å². The zero-order valence-electron chi connectivity index (χ0n) is 14.8. The number of ether oxygens (including phenoxy) is 3. The highest BCUT2D eigenvalue weighted by atomic mass is 16.7. The second-order valence-corrected chi connectivity index (χ2v) is 6.52. The van der Waals surface area contributed by atoms with E-state index in [1.54, 1.807) is 7.11 Å². The molecule has 0 unspecified atom stereocenters. The number of aliphatic hydroxyl groups excluding tert-OH is 1. The molecular weight excluding hydrogens is 310 g/mol. The van der Waals surface area contributed by atoms with Crippen LogP contribution in [0.2, 0.25) is 0 Å². The number of methoxy groups -OCH3 is 1. The molecule has 0 bridgehead atoms. The number of carbonyl (C=O) groups is 1. The number of carbonyl (C=O) groups excluding carboxylic acids is 1. The number of hydrogen-bond acceptors (Lipinski definition) is 5.